The van der Waals surface area contributed by atoms with E-state index in [4.69, 9.17) is 0 Å². The van der Waals surface area contributed by atoms with E-state index in [0.717, 1.165) is 22.0 Å². The summed E-state index contributed by atoms with van der Waals surface area (Å²) in [6.45, 7) is 0. The molecule has 0 radical (unpaired) electrons. The predicted octanol–water partition coefficient (Wildman–Crippen LogP) is 3.39. The maximum atomic E-state index is 11.5. The number of rotatable bonds is 2. The zero-order valence-corrected chi connectivity index (χ0v) is 11.4. The highest BCUT2D eigenvalue weighted by Crippen LogP contribution is 2.28. The number of hydrogen-bond acceptors (Lipinski definition) is 4. The second-order valence-corrected chi connectivity index (χ2v) is 4.62. The van der Waals surface area contributed by atoms with Gasteiger partial charge in [0.15, 0.2) is 0 Å². The van der Waals surface area contributed by atoms with Gasteiger partial charge in [0, 0.05) is 17.0 Å². The third-order valence-electron chi connectivity index (χ3n) is 3.32. The van der Waals surface area contributed by atoms with Gasteiger partial charge in [0.1, 0.15) is 0 Å². The van der Waals surface area contributed by atoms with Crippen molar-refractivity contribution >= 4 is 16.9 Å². The number of fused-ring (bicyclic) bond motifs is 1. The fraction of sp³-hybridized carbons (Fsp3) is 0.0588. The Morgan fingerprint density at radius 2 is 1.81 bits per heavy atom. The highest BCUT2D eigenvalue weighted by Gasteiger charge is 2.08. The van der Waals surface area contributed by atoms with Gasteiger partial charge in [0.05, 0.1) is 18.2 Å². The first-order valence-corrected chi connectivity index (χ1v) is 6.46. The van der Waals surface area contributed by atoms with Gasteiger partial charge in [-0.1, -0.05) is 30.3 Å². The number of carbonyl (C=O) groups excluding carboxylic acids is 1. The second-order valence-electron chi connectivity index (χ2n) is 4.62. The normalized spacial score (nSPS) is 10.5. The number of nitrogens with zero attached hydrogens (tertiary/aromatic N) is 1. The van der Waals surface area contributed by atoms with E-state index >= 15 is 0 Å². The molecule has 0 unspecified atom stereocenters. The molecule has 1 aromatic heterocycles. The van der Waals surface area contributed by atoms with Gasteiger partial charge in [0.2, 0.25) is 5.88 Å². The molecule has 0 fully saturated rings. The van der Waals surface area contributed by atoms with Crippen molar-refractivity contribution in [3.63, 3.8) is 0 Å². The SMILES string of the molecule is COC(=O)c1ccc(-c2cccc3ccc(O)nc23)cc1. The van der Waals surface area contributed by atoms with Crippen LogP contribution in [-0.4, -0.2) is 23.2 Å². The van der Waals surface area contributed by atoms with Crippen molar-refractivity contribution in [2.45, 2.75) is 0 Å². The lowest BCUT2D eigenvalue weighted by Gasteiger charge is -2.07. The van der Waals surface area contributed by atoms with Gasteiger partial charge in [-0.05, 0) is 23.8 Å². The number of hydrogen-bond donors (Lipinski definition) is 1. The Bertz CT molecular complexity index is 810. The Labute approximate surface area is 121 Å². The van der Waals surface area contributed by atoms with E-state index in [0.29, 0.717) is 5.56 Å². The van der Waals surface area contributed by atoms with Crippen molar-refractivity contribution in [1.82, 2.24) is 4.98 Å². The number of benzene rings is 2. The molecule has 0 atom stereocenters. The van der Waals surface area contributed by atoms with Gasteiger partial charge < -0.3 is 9.84 Å². The smallest absolute Gasteiger partial charge is 0.337 e. The summed E-state index contributed by atoms with van der Waals surface area (Å²) < 4.78 is 4.68. The summed E-state index contributed by atoms with van der Waals surface area (Å²) in [5.74, 6) is -0.378. The van der Waals surface area contributed by atoms with Crippen LogP contribution < -0.4 is 0 Å². The number of methoxy groups -OCH3 is 1. The molecule has 4 nitrogen and oxygen atoms in total. The zero-order valence-electron chi connectivity index (χ0n) is 11.4. The molecule has 1 heterocycles. The molecule has 4 heteroatoms. The number of carbonyl (C=O) groups is 1. The molecule has 0 aliphatic heterocycles. The van der Waals surface area contributed by atoms with Gasteiger partial charge in [-0.15, -0.1) is 0 Å². The van der Waals surface area contributed by atoms with Crippen molar-refractivity contribution < 1.29 is 14.6 Å². The van der Waals surface area contributed by atoms with Crippen molar-refractivity contribution in [1.29, 1.82) is 0 Å². The molecule has 1 N–H and O–H groups in total. The van der Waals surface area contributed by atoms with Crippen molar-refractivity contribution in [3.05, 3.63) is 60.2 Å². The number of ether oxygens (including phenoxy) is 1. The molecule has 0 saturated carbocycles. The van der Waals surface area contributed by atoms with Crippen LogP contribution in [0.3, 0.4) is 0 Å². The molecule has 21 heavy (non-hydrogen) atoms. The van der Waals surface area contributed by atoms with Crippen LogP contribution >= 0.6 is 0 Å². The fourth-order valence-electron chi connectivity index (χ4n) is 2.27. The topological polar surface area (TPSA) is 59.4 Å². The van der Waals surface area contributed by atoms with Crippen LogP contribution in [0.4, 0.5) is 0 Å². The maximum Gasteiger partial charge on any atom is 0.337 e. The van der Waals surface area contributed by atoms with Gasteiger partial charge in [-0.25, -0.2) is 9.78 Å². The van der Waals surface area contributed by atoms with Crippen molar-refractivity contribution in [3.8, 4) is 17.0 Å². The number of esters is 1. The van der Waals surface area contributed by atoms with Crippen molar-refractivity contribution in [2.75, 3.05) is 7.11 Å². The van der Waals surface area contributed by atoms with E-state index < -0.39 is 0 Å². The van der Waals surface area contributed by atoms with Crippen LogP contribution in [0.2, 0.25) is 0 Å². The van der Waals surface area contributed by atoms with Gasteiger partial charge in [-0.3, -0.25) is 0 Å². The third-order valence-corrected chi connectivity index (χ3v) is 3.32. The molecular formula is C17H13NO3. The average molecular weight is 279 g/mol. The minimum absolute atomic E-state index is 0.0128. The minimum Gasteiger partial charge on any atom is -0.493 e. The van der Waals surface area contributed by atoms with Crippen molar-refractivity contribution in [2.24, 2.45) is 0 Å². The van der Waals surface area contributed by atoms with Crippen LogP contribution in [-0.2, 0) is 4.74 Å². The van der Waals surface area contributed by atoms with E-state index in [2.05, 4.69) is 9.72 Å². The number of aromatic nitrogens is 1. The van der Waals surface area contributed by atoms with Crippen LogP contribution in [0.25, 0.3) is 22.0 Å². The van der Waals surface area contributed by atoms with Crippen LogP contribution in [0.5, 0.6) is 5.88 Å². The number of aromatic hydroxyl groups is 1. The lowest BCUT2D eigenvalue weighted by atomic mass is 10.0. The molecule has 3 aromatic rings. The minimum atomic E-state index is -0.366. The molecule has 2 aromatic carbocycles. The molecule has 0 aliphatic rings. The monoisotopic (exact) mass is 279 g/mol. The summed E-state index contributed by atoms with van der Waals surface area (Å²) in [5, 5.41) is 10.5. The largest absolute Gasteiger partial charge is 0.493 e. The van der Waals surface area contributed by atoms with Crippen LogP contribution in [0.15, 0.2) is 54.6 Å². The Hall–Kier alpha value is -2.88. The zero-order chi connectivity index (χ0) is 14.8. The van der Waals surface area contributed by atoms with Gasteiger partial charge >= 0.3 is 5.97 Å². The summed E-state index contributed by atoms with van der Waals surface area (Å²) in [4.78, 5) is 15.6. The molecule has 0 aliphatic carbocycles. The molecule has 0 bridgehead atoms. The summed E-state index contributed by atoms with van der Waals surface area (Å²) in [6, 6.07) is 16.3. The molecule has 3 rings (SSSR count). The summed E-state index contributed by atoms with van der Waals surface area (Å²) in [7, 11) is 1.35. The van der Waals surface area contributed by atoms with Crippen LogP contribution in [0.1, 0.15) is 10.4 Å². The summed E-state index contributed by atoms with van der Waals surface area (Å²) >= 11 is 0. The first-order chi connectivity index (χ1) is 10.2. The first kappa shape index (κ1) is 13.1. The number of para-hydroxylation sites is 1. The lowest BCUT2D eigenvalue weighted by Crippen LogP contribution is -2.00. The van der Waals surface area contributed by atoms with Gasteiger partial charge in [-0.2, -0.15) is 0 Å². The van der Waals surface area contributed by atoms with Crippen LogP contribution in [0, 0.1) is 0 Å². The Morgan fingerprint density at radius 3 is 2.52 bits per heavy atom. The highest BCUT2D eigenvalue weighted by molar-refractivity contribution is 5.95. The fourth-order valence-corrected chi connectivity index (χ4v) is 2.27. The van der Waals surface area contributed by atoms with Gasteiger partial charge in [0.25, 0.3) is 0 Å². The lowest BCUT2D eigenvalue weighted by molar-refractivity contribution is 0.0601. The predicted molar refractivity (Wildman–Crippen MR) is 80.2 cm³/mol. The van der Waals surface area contributed by atoms with E-state index in [9.17, 15) is 9.90 Å². The van der Waals surface area contributed by atoms with E-state index in [-0.39, 0.29) is 11.8 Å². The average Bonchev–Trinajstić information content (AvgIpc) is 2.53. The Morgan fingerprint density at radius 1 is 1.05 bits per heavy atom. The Balaban J connectivity index is 2.12. The molecule has 104 valence electrons. The summed E-state index contributed by atoms with van der Waals surface area (Å²) in [5.41, 5.74) is 3.05. The summed E-state index contributed by atoms with van der Waals surface area (Å²) in [6.07, 6.45) is 0. The molecule has 0 amide bonds. The quantitative estimate of drug-likeness (QED) is 0.730. The Kier molecular flexibility index (Phi) is 3.28. The number of pyridine rings is 1. The maximum absolute atomic E-state index is 11.5. The standard InChI is InChI=1S/C17H13NO3/c1-21-17(20)13-7-5-11(6-8-13)14-4-2-3-12-9-10-15(19)18-16(12)14/h2-10H,1H3,(H,18,19). The first-order valence-electron chi connectivity index (χ1n) is 6.46. The van der Waals surface area contributed by atoms with E-state index in [1.807, 2.05) is 36.4 Å². The molecule has 0 saturated heterocycles. The highest BCUT2D eigenvalue weighted by atomic mass is 16.5. The second kappa shape index (κ2) is 5.25. The third kappa shape index (κ3) is 2.43. The van der Waals surface area contributed by atoms with E-state index in [1.165, 1.54) is 7.11 Å². The molecular weight excluding hydrogens is 266 g/mol. The van der Waals surface area contributed by atoms with E-state index in [1.54, 1.807) is 18.2 Å². The molecule has 0 spiro atoms.